The smallest absolute Gasteiger partial charge is 0.248 e. The highest BCUT2D eigenvalue weighted by atomic mass is 16.5. The molecule has 0 bridgehead atoms. The zero-order chi connectivity index (χ0) is 20.5. The molecule has 0 spiro atoms. The third-order valence-corrected chi connectivity index (χ3v) is 4.71. The Labute approximate surface area is 169 Å². The van der Waals surface area contributed by atoms with Crippen molar-refractivity contribution in [2.45, 2.75) is 59.3 Å². The summed E-state index contributed by atoms with van der Waals surface area (Å²) in [7, 11) is 0. The van der Waals surface area contributed by atoms with Gasteiger partial charge in [-0.1, -0.05) is 77.4 Å². The molecule has 0 aliphatic carbocycles. The van der Waals surface area contributed by atoms with Crippen LogP contribution < -0.4 is 10.1 Å². The van der Waals surface area contributed by atoms with E-state index < -0.39 is 0 Å². The molecule has 2 aromatic carbocycles. The van der Waals surface area contributed by atoms with Gasteiger partial charge in [0.1, 0.15) is 5.75 Å². The molecule has 2 aromatic rings. The number of rotatable bonds is 9. The van der Waals surface area contributed by atoms with Gasteiger partial charge >= 0.3 is 0 Å². The predicted molar refractivity (Wildman–Crippen MR) is 119 cm³/mol. The highest BCUT2D eigenvalue weighted by Gasteiger charge is 2.15. The molecule has 0 aliphatic heterocycles. The van der Waals surface area contributed by atoms with E-state index in [1.54, 1.807) is 6.08 Å². The predicted octanol–water partition coefficient (Wildman–Crippen LogP) is 6.76. The summed E-state index contributed by atoms with van der Waals surface area (Å²) in [5, 5.41) is 3.12. The zero-order valence-corrected chi connectivity index (χ0v) is 17.8. The van der Waals surface area contributed by atoms with Crippen LogP contribution >= 0.6 is 0 Å². The molecule has 0 aromatic heterocycles. The monoisotopic (exact) mass is 379 g/mol. The van der Waals surface area contributed by atoms with Gasteiger partial charge in [0.15, 0.2) is 0 Å². The Morgan fingerprint density at radius 3 is 2.25 bits per heavy atom. The number of unbranched alkanes of at least 4 members (excludes halogenated alkanes) is 1. The number of nitrogens with one attached hydrogen (secondary N) is 1. The maximum absolute atomic E-state index is 12.7. The van der Waals surface area contributed by atoms with Crippen molar-refractivity contribution in [2.24, 2.45) is 0 Å². The molecule has 1 amide bonds. The summed E-state index contributed by atoms with van der Waals surface area (Å²) in [6, 6.07) is 14.1. The third kappa shape index (κ3) is 5.98. The quantitative estimate of drug-likeness (QED) is 0.386. The fourth-order valence-corrected chi connectivity index (χ4v) is 3.10. The number of benzene rings is 2. The number of anilines is 1. The van der Waals surface area contributed by atoms with Crippen molar-refractivity contribution in [3.05, 3.63) is 65.2 Å². The molecule has 3 nitrogen and oxygen atoms in total. The van der Waals surface area contributed by atoms with Crippen LogP contribution in [-0.4, -0.2) is 12.5 Å². The van der Waals surface area contributed by atoms with E-state index in [-0.39, 0.29) is 5.91 Å². The van der Waals surface area contributed by atoms with E-state index in [1.807, 2.05) is 30.3 Å². The topological polar surface area (TPSA) is 38.3 Å². The number of carbonyl (C=O) groups excluding carboxylic acids is 1. The van der Waals surface area contributed by atoms with Crippen molar-refractivity contribution in [1.82, 2.24) is 0 Å². The summed E-state index contributed by atoms with van der Waals surface area (Å²) in [4.78, 5) is 12.7. The van der Waals surface area contributed by atoms with Gasteiger partial charge in [0.2, 0.25) is 5.91 Å². The van der Waals surface area contributed by atoms with Crippen molar-refractivity contribution in [3.63, 3.8) is 0 Å². The van der Waals surface area contributed by atoms with Crippen LogP contribution in [0.15, 0.2) is 48.5 Å². The fraction of sp³-hybridized carbons (Fsp3) is 0.400. The average Bonchev–Trinajstić information content (AvgIpc) is 2.67. The van der Waals surface area contributed by atoms with E-state index in [0.29, 0.717) is 18.4 Å². The Balaban J connectivity index is 2.19. The van der Waals surface area contributed by atoms with Gasteiger partial charge in [-0.05, 0) is 41.5 Å². The minimum Gasteiger partial charge on any atom is -0.493 e. The van der Waals surface area contributed by atoms with E-state index in [2.05, 4.69) is 58.1 Å². The summed E-state index contributed by atoms with van der Waals surface area (Å²) >= 11 is 0. The molecule has 2 rings (SSSR count). The highest BCUT2D eigenvalue weighted by molar-refractivity contribution is 6.03. The molecule has 0 saturated carbocycles. The van der Waals surface area contributed by atoms with Crippen LogP contribution in [-0.2, 0) is 4.79 Å². The van der Waals surface area contributed by atoms with Crippen molar-refractivity contribution in [1.29, 1.82) is 0 Å². The molecule has 0 heterocycles. The molecule has 3 heteroatoms. The Bertz CT molecular complexity index is 780. The van der Waals surface area contributed by atoms with Gasteiger partial charge in [-0.15, -0.1) is 0 Å². The fourth-order valence-electron chi connectivity index (χ4n) is 3.10. The Kier molecular flexibility index (Phi) is 8.31. The Hall–Kier alpha value is -2.55. The highest BCUT2D eigenvalue weighted by Crippen LogP contribution is 2.32. The Morgan fingerprint density at radius 2 is 1.64 bits per heavy atom. The van der Waals surface area contributed by atoms with Crippen molar-refractivity contribution >= 4 is 17.7 Å². The van der Waals surface area contributed by atoms with Gasteiger partial charge in [0.25, 0.3) is 0 Å². The Morgan fingerprint density at radius 1 is 1.00 bits per heavy atom. The second kappa shape index (κ2) is 10.7. The first-order chi connectivity index (χ1) is 13.4. The van der Waals surface area contributed by atoms with Crippen molar-refractivity contribution in [3.8, 4) is 5.75 Å². The van der Waals surface area contributed by atoms with E-state index >= 15 is 0 Å². The molecular weight excluding hydrogens is 346 g/mol. The summed E-state index contributed by atoms with van der Waals surface area (Å²) < 4.78 is 5.85. The number of carbonyl (C=O) groups is 1. The molecule has 0 saturated heterocycles. The molecule has 0 fully saturated rings. The first kappa shape index (κ1) is 21.7. The largest absolute Gasteiger partial charge is 0.493 e. The molecule has 0 aliphatic rings. The van der Waals surface area contributed by atoms with Gasteiger partial charge in [-0.2, -0.15) is 0 Å². The van der Waals surface area contributed by atoms with E-state index in [0.717, 1.165) is 41.0 Å². The molecular formula is C25H33NO2. The van der Waals surface area contributed by atoms with Crippen LogP contribution in [0.3, 0.4) is 0 Å². The minimum atomic E-state index is -0.127. The number of hydrogen-bond donors (Lipinski definition) is 1. The van der Waals surface area contributed by atoms with Crippen LogP contribution in [0.5, 0.6) is 5.75 Å². The van der Waals surface area contributed by atoms with Gasteiger partial charge in [0, 0.05) is 17.3 Å². The normalized spacial score (nSPS) is 11.4. The van der Waals surface area contributed by atoms with Crippen molar-refractivity contribution < 1.29 is 9.53 Å². The van der Waals surface area contributed by atoms with E-state index in [4.69, 9.17) is 4.74 Å². The molecule has 0 radical (unpaired) electrons. The van der Waals surface area contributed by atoms with Crippen molar-refractivity contribution in [2.75, 3.05) is 11.9 Å². The lowest BCUT2D eigenvalue weighted by molar-refractivity contribution is -0.111. The SMILES string of the molecule is CCCCOc1ccccc1/C=C/C(=O)Nc1c(C(C)C)cccc1C(C)C. The lowest BCUT2D eigenvalue weighted by Gasteiger charge is -2.19. The number of ether oxygens (including phenoxy) is 1. The number of hydrogen-bond acceptors (Lipinski definition) is 2. The second-order valence-corrected chi connectivity index (χ2v) is 7.68. The average molecular weight is 380 g/mol. The third-order valence-electron chi connectivity index (χ3n) is 4.71. The van der Waals surface area contributed by atoms with Gasteiger partial charge in [-0.3, -0.25) is 4.79 Å². The first-order valence-electron chi connectivity index (χ1n) is 10.3. The standard InChI is InChI=1S/C25H33NO2/c1-6-7-17-28-23-14-9-8-11-20(23)15-16-24(27)26-25-21(18(2)3)12-10-13-22(25)19(4)5/h8-16,18-19H,6-7,17H2,1-5H3,(H,26,27)/b16-15+. The van der Waals surface area contributed by atoms with Gasteiger partial charge in [0.05, 0.1) is 6.61 Å². The maximum Gasteiger partial charge on any atom is 0.248 e. The van der Waals surface area contributed by atoms with Gasteiger partial charge < -0.3 is 10.1 Å². The zero-order valence-electron chi connectivity index (χ0n) is 17.8. The summed E-state index contributed by atoms with van der Waals surface area (Å²) in [6.45, 7) is 11.4. The van der Waals surface area contributed by atoms with E-state index in [1.165, 1.54) is 0 Å². The summed E-state index contributed by atoms with van der Waals surface area (Å²) in [5.74, 6) is 1.36. The first-order valence-corrected chi connectivity index (χ1v) is 10.3. The molecule has 0 atom stereocenters. The lowest BCUT2D eigenvalue weighted by atomic mass is 9.92. The van der Waals surface area contributed by atoms with Crippen LogP contribution in [0.2, 0.25) is 0 Å². The molecule has 0 unspecified atom stereocenters. The minimum absolute atomic E-state index is 0.127. The summed E-state index contributed by atoms with van der Waals surface area (Å²) in [5.41, 5.74) is 4.18. The van der Waals surface area contributed by atoms with Gasteiger partial charge in [-0.25, -0.2) is 0 Å². The second-order valence-electron chi connectivity index (χ2n) is 7.68. The molecule has 28 heavy (non-hydrogen) atoms. The number of amides is 1. The van der Waals surface area contributed by atoms with Crippen LogP contribution in [0.1, 0.15) is 76.0 Å². The summed E-state index contributed by atoms with van der Waals surface area (Å²) in [6.07, 6.45) is 5.52. The van der Waals surface area contributed by atoms with Crippen LogP contribution in [0.25, 0.3) is 6.08 Å². The van der Waals surface area contributed by atoms with E-state index in [9.17, 15) is 4.79 Å². The number of para-hydroxylation sites is 2. The molecule has 150 valence electrons. The van der Waals surface area contributed by atoms with Crippen LogP contribution in [0.4, 0.5) is 5.69 Å². The molecule has 1 N–H and O–H groups in total. The van der Waals surface area contributed by atoms with Crippen LogP contribution in [0, 0.1) is 0 Å². The lowest BCUT2D eigenvalue weighted by Crippen LogP contribution is -2.13. The maximum atomic E-state index is 12.7.